The Morgan fingerprint density at radius 2 is 2.32 bits per heavy atom. The fourth-order valence-corrected chi connectivity index (χ4v) is 2.01. The molecule has 8 heteroatoms. The molecule has 0 saturated carbocycles. The number of nitrogens with zero attached hydrogens (tertiary/aromatic N) is 3. The van der Waals surface area contributed by atoms with Gasteiger partial charge < -0.3 is 9.84 Å². The third-order valence-electron chi connectivity index (χ3n) is 2.39. The lowest BCUT2D eigenvalue weighted by Crippen LogP contribution is -2.05. The van der Waals surface area contributed by atoms with Crippen molar-refractivity contribution in [2.45, 2.75) is 13.3 Å². The van der Waals surface area contributed by atoms with Crippen molar-refractivity contribution < 1.29 is 9.45 Å². The standard InChI is InChI=1S/C11H11BrN4O3/c1-7-14-11(19-15-7)4-5-13-10-3-2-8(16(17)18)6-9(10)12/h2-3,6,13H,4-5H2,1H3. The van der Waals surface area contributed by atoms with E-state index in [-0.39, 0.29) is 5.69 Å². The van der Waals surface area contributed by atoms with E-state index in [2.05, 4.69) is 31.4 Å². The van der Waals surface area contributed by atoms with Crippen molar-refractivity contribution in [3.05, 3.63) is 44.5 Å². The van der Waals surface area contributed by atoms with Crippen LogP contribution in [0.1, 0.15) is 11.7 Å². The van der Waals surface area contributed by atoms with Gasteiger partial charge in [-0.2, -0.15) is 4.98 Å². The van der Waals surface area contributed by atoms with Gasteiger partial charge in [0.15, 0.2) is 5.82 Å². The number of nitro groups is 1. The number of anilines is 1. The number of halogens is 1. The number of hydrogen-bond acceptors (Lipinski definition) is 6. The van der Waals surface area contributed by atoms with Gasteiger partial charge in [-0.3, -0.25) is 10.1 Å². The molecular formula is C11H11BrN4O3. The molecule has 1 heterocycles. The van der Waals surface area contributed by atoms with Crippen LogP contribution in [-0.2, 0) is 6.42 Å². The van der Waals surface area contributed by atoms with Crippen LogP contribution in [0, 0.1) is 17.0 Å². The average Bonchev–Trinajstić information content (AvgIpc) is 2.77. The van der Waals surface area contributed by atoms with E-state index in [1.807, 2.05) is 0 Å². The highest BCUT2D eigenvalue weighted by molar-refractivity contribution is 9.10. The first-order valence-corrected chi connectivity index (χ1v) is 6.32. The molecule has 0 saturated heterocycles. The average molecular weight is 327 g/mol. The lowest BCUT2D eigenvalue weighted by Gasteiger charge is -2.06. The van der Waals surface area contributed by atoms with E-state index in [0.29, 0.717) is 29.2 Å². The summed E-state index contributed by atoms with van der Waals surface area (Å²) in [6, 6.07) is 4.56. The maximum atomic E-state index is 10.6. The van der Waals surface area contributed by atoms with Crippen LogP contribution in [0.3, 0.4) is 0 Å². The molecule has 100 valence electrons. The number of aryl methyl sites for hydroxylation is 1. The quantitative estimate of drug-likeness (QED) is 0.670. The van der Waals surface area contributed by atoms with Crippen molar-refractivity contribution >= 4 is 27.3 Å². The van der Waals surface area contributed by atoms with E-state index in [9.17, 15) is 10.1 Å². The molecule has 0 atom stereocenters. The first-order chi connectivity index (χ1) is 9.06. The van der Waals surface area contributed by atoms with Gasteiger partial charge in [0.2, 0.25) is 5.89 Å². The fraction of sp³-hybridized carbons (Fsp3) is 0.273. The molecule has 2 aromatic rings. The molecule has 0 unspecified atom stereocenters. The first-order valence-electron chi connectivity index (χ1n) is 5.53. The molecule has 19 heavy (non-hydrogen) atoms. The molecule has 0 aliphatic heterocycles. The highest BCUT2D eigenvalue weighted by atomic mass is 79.9. The van der Waals surface area contributed by atoms with Crippen LogP contribution in [0.2, 0.25) is 0 Å². The zero-order valence-corrected chi connectivity index (χ0v) is 11.7. The highest BCUT2D eigenvalue weighted by Crippen LogP contribution is 2.26. The van der Waals surface area contributed by atoms with Crippen molar-refractivity contribution in [3.63, 3.8) is 0 Å². The van der Waals surface area contributed by atoms with Crippen molar-refractivity contribution in [1.82, 2.24) is 10.1 Å². The summed E-state index contributed by atoms with van der Waals surface area (Å²) in [5.74, 6) is 1.16. The summed E-state index contributed by atoms with van der Waals surface area (Å²) in [5, 5.41) is 17.4. The monoisotopic (exact) mass is 326 g/mol. The maximum absolute atomic E-state index is 10.6. The Kier molecular flexibility index (Phi) is 4.10. The van der Waals surface area contributed by atoms with Crippen LogP contribution in [0.5, 0.6) is 0 Å². The smallest absolute Gasteiger partial charge is 0.270 e. The van der Waals surface area contributed by atoms with Gasteiger partial charge in [0.05, 0.1) is 4.92 Å². The van der Waals surface area contributed by atoms with Crippen molar-refractivity contribution in [1.29, 1.82) is 0 Å². The number of benzene rings is 1. The number of nitrogens with one attached hydrogen (secondary N) is 1. The molecule has 1 N–H and O–H groups in total. The molecule has 7 nitrogen and oxygen atoms in total. The van der Waals surface area contributed by atoms with Gasteiger partial charge in [-0.25, -0.2) is 0 Å². The van der Waals surface area contributed by atoms with E-state index < -0.39 is 4.92 Å². The topological polar surface area (TPSA) is 94.1 Å². The molecule has 0 aliphatic rings. The van der Waals surface area contributed by atoms with Crippen LogP contribution in [-0.4, -0.2) is 21.6 Å². The summed E-state index contributed by atoms with van der Waals surface area (Å²) in [7, 11) is 0. The molecule has 1 aromatic heterocycles. The fourth-order valence-electron chi connectivity index (χ4n) is 1.51. The summed E-state index contributed by atoms with van der Waals surface area (Å²) in [4.78, 5) is 14.3. The summed E-state index contributed by atoms with van der Waals surface area (Å²) in [5.41, 5.74) is 0.826. The van der Waals surface area contributed by atoms with Gasteiger partial charge in [-0.15, -0.1) is 0 Å². The van der Waals surface area contributed by atoms with Crippen LogP contribution in [0.4, 0.5) is 11.4 Å². The van der Waals surface area contributed by atoms with Crippen LogP contribution >= 0.6 is 15.9 Å². The molecular weight excluding hydrogens is 316 g/mol. The largest absolute Gasteiger partial charge is 0.384 e. The number of nitro benzene ring substituents is 1. The minimum absolute atomic E-state index is 0.0463. The zero-order chi connectivity index (χ0) is 13.8. The van der Waals surface area contributed by atoms with Gasteiger partial charge in [0.25, 0.3) is 5.69 Å². The summed E-state index contributed by atoms with van der Waals surface area (Å²) >= 11 is 3.29. The Bertz CT molecular complexity index is 599. The minimum Gasteiger partial charge on any atom is -0.384 e. The normalized spacial score (nSPS) is 10.4. The first kappa shape index (κ1) is 13.5. The Labute approximate surface area is 117 Å². The van der Waals surface area contributed by atoms with Gasteiger partial charge in [-0.05, 0) is 28.9 Å². The third kappa shape index (κ3) is 3.50. The predicted octanol–water partition coefficient (Wildman–Crippen LogP) is 2.70. The predicted molar refractivity (Wildman–Crippen MR) is 72.0 cm³/mol. The van der Waals surface area contributed by atoms with Crippen molar-refractivity contribution in [2.75, 3.05) is 11.9 Å². The molecule has 0 spiro atoms. The lowest BCUT2D eigenvalue weighted by atomic mass is 10.3. The van der Waals surface area contributed by atoms with E-state index in [1.165, 1.54) is 12.1 Å². The minimum atomic E-state index is -0.435. The summed E-state index contributed by atoms with van der Waals surface area (Å²) in [6.07, 6.45) is 0.588. The molecule has 0 fully saturated rings. The van der Waals surface area contributed by atoms with E-state index in [4.69, 9.17) is 4.52 Å². The number of rotatable bonds is 5. The number of non-ortho nitro benzene ring substituents is 1. The Morgan fingerprint density at radius 1 is 1.53 bits per heavy atom. The van der Waals surface area contributed by atoms with Gasteiger partial charge >= 0.3 is 0 Å². The Hall–Kier alpha value is -1.96. The van der Waals surface area contributed by atoms with Crippen molar-refractivity contribution in [3.8, 4) is 0 Å². The zero-order valence-electron chi connectivity index (χ0n) is 10.1. The molecule has 2 rings (SSSR count). The second-order valence-electron chi connectivity index (χ2n) is 3.83. The number of hydrogen-bond donors (Lipinski definition) is 1. The molecule has 0 bridgehead atoms. The van der Waals surface area contributed by atoms with Gasteiger partial charge in [0.1, 0.15) is 0 Å². The van der Waals surface area contributed by atoms with E-state index >= 15 is 0 Å². The summed E-state index contributed by atoms with van der Waals surface area (Å²) < 4.78 is 5.62. The van der Waals surface area contributed by atoms with Crippen LogP contribution in [0.15, 0.2) is 27.2 Å². The Balaban J connectivity index is 1.94. The lowest BCUT2D eigenvalue weighted by molar-refractivity contribution is -0.384. The SMILES string of the molecule is Cc1noc(CCNc2ccc([N+](=O)[O-])cc2Br)n1. The van der Waals surface area contributed by atoms with Gasteiger partial charge in [-0.1, -0.05) is 5.16 Å². The second-order valence-corrected chi connectivity index (χ2v) is 4.69. The van der Waals surface area contributed by atoms with E-state index in [0.717, 1.165) is 5.69 Å². The molecule has 0 aliphatic carbocycles. The third-order valence-corrected chi connectivity index (χ3v) is 3.04. The van der Waals surface area contributed by atoms with Crippen LogP contribution in [0.25, 0.3) is 0 Å². The van der Waals surface area contributed by atoms with Crippen molar-refractivity contribution in [2.24, 2.45) is 0 Å². The summed E-state index contributed by atoms with van der Waals surface area (Å²) in [6.45, 7) is 2.35. The Morgan fingerprint density at radius 3 is 2.89 bits per heavy atom. The maximum Gasteiger partial charge on any atom is 0.270 e. The second kappa shape index (κ2) is 5.79. The van der Waals surface area contributed by atoms with Gasteiger partial charge in [0, 0.05) is 35.3 Å². The highest BCUT2D eigenvalue weighted by Gasteiger charge is 2.09. The van der Waals surface area contributed by atoms with E-state index in [1.54, 1.807) is 13.0 Å². The number of aromatic nitrogens is 2. The molecule has 1 aromatic carbocycles. The molecule has 0 radical (unpaired) electrons. The molecule has 0 amide bonds. The van der Waals surface area contributed by atoms with Crippen LogP contribution < -0.4 is 5.32 Å².